The molecule has 0 bridgehead atoms. The van der Waals surface area contributed by atoms with E-state index in [0.717, 1.165) is 17.7 Å². The average Bonchev–Trinajstić information content (AvgIpc) is 3.18. The van der Waals surface area contributed by atoms with E-state index in [-0.39, 0.29) is 6.04 Å². The van der Waals surface area contributed by atoms with Gasteiger partial charge in [-0.3, -0.25) is 0 Å². The summed E-state index contributed by atoms with van der Waals surface area (Å²) in [6.07, 6.45) is 0.762. The third-order valence-corrected chi connectivity index (χ3v) is 5.85. The molecule has 1 unspecified atom stereocenters. The molecular weight excluding hydrogens is 374 g/mol. The molecule has 142 valence electrons. The Hall–Kier alpha value is -3.24. The zero-order valence-corrected chi connectivity index (χ0v) is 17.0. The number of thiocarbonyl (C=S) groups is 1. The molecule has 0 aliphatic carbocycles. The summed E-state index contributed by atoms with van der Waals surface area (Å²) in [4.78, 5) is 0. The molecule has 0 saturated carbocycles. The summed E-state index contributed by atoms with van der Waals surface area (Å²) in [5, 5.41) is 11.8. The molecule has 0 fully saturated rings. The molecule has 0 saturated heterocycles. The topological polar surface area (TPSA) is 41.6 Å². The van der Waals surface area contributed by atoms with Crippen LogP contribution < -0.4 is 5.73 Å². The molecule has 0 amide bonds. The maximum Gasteiger partial charge on any atom is 0.187 e. The van der Waals surface area contributed by atoms with Gasteiger partial charge in [-0.15, -0.1) is 0 Å². The Labute approximate surface area is 175 Å². The van der Waals surface area contributed by atoms with Crippen LogP contribution in [0.1, 0.15) is 29.2 Å². The minimum absolute atomic E-state index is 0.0280. The standard InChI is InChI=1S/C25H21N3S/c1-16-10-12-17(13-11-16)22-15-23(28(27-22)25(26)29)24-20-8-4-2-6-18(20)14-19-7-3-5-9-21(19)24/h2-14,23H,15H2,1H3,(H2,26,29). The van der Waals surface area contributed by atoms with Crippen LogP contribution in [0.4, 0.5) is 0 Å². The normalized spacial score (nSPS) is 16.4. The van der Waals surface area contributed by atoms with E-state index < -0.39 is 0 Å². The van der Waals surface area contributed by atoms with Crippen LogP contribution in [-0.2, 0) is 0 Å². The number of hydrogen-bond acceptors (Lipinski definition) is 2. The first-order valence-corrected chi connectivity index (χ1v) is 10.2. The fraction of sp³-hybridized carbons (Fsp3) is 0.120. The molecule has 1 heterocycles. The van der Waals surface area contributed by atoms with Crippen molar-refractivity contribution in [3.05, 3.63) is 95.6 Å². The predicted octanol–water partition coefficient (Wildman–Crippen LogP) is 5.70. The van der Waals surface area contributed by atoms with Gasteiger partial charge in [-0.1, -0.05) is 78.4 Å². The number of rotatable bonds is 2. The number of nitrogens with two attached hydrogens (primary N) is 1. The van der Waals surface area contributed by atoms with Crippen molar-refractivity contribution >= 4 is 44.6 Å². The summed E-state index contributed by atoms with van der Waals surface area (Å²) >= 11 is 5.40. The Balaban J connectivity index is 1.71. The van der Waals surface area contributed by atoms with Crippen molar-refractivity contribution in [2.45, 2.75) is 19.4 Å². The Morgan fingerprint density at radius 3 is 2.10 bits per heavy atom. The van der Waals surface area contributed by atoms with Gasteiger partial charge in [0, 0.05) is 6.42 Å². The smallest absolute Gasteiger partial charge is 0.187 e. The zero-order chi connectivity index (χ0) is 20.0. The lowest BCUT2D eigenvalue weighted by Crippen LogP contribution is -2.31. The fourth-order valence-corrected chi connectivity index (χ4v) is 4.43. The van der Waals surface area contributed by atoms with Gasteiger partial charge in [0.2, 0.25) is 0 Å². The van der Waals surface area contributed by atoms with Gasteiger partial charge in [-0.05, 0) is 57.9 Å². The Morgan fingerprint density at radius 2 is 1.52 bits per heavy atom. The Kier molecular flexibility index (Phi) is 4.29. The van der Waals surface area contributed by atoms with Crippen LogP contribution in [0.25, 0.3) is 21.5 Å². The number of fused-ring (bicyclic) bond motifs is 2. The third-order valence-electron chi connectivity index (χ3n) is 5.67. The highest BCUT2D eigenvalue weighted by atomic mass is 32.1. The quantitative estimate of drug-likeness (QED) is 0.350. The second-order valence-corrected chi connectivity index (χ2v) is 7.97. The van der Waals surface area contributed by atoms with Crippen molar-refractivity contribution in [3.63, 3.8) is 0 Å². The Morgan fingerprint density at radius 1 is 0.931 bits per heavy atom. The molecule has 4 aromatic carbocycles. The van der Waals surface area contributed by atoms with Gasteiger partial charge in [0.25, 0.3) is 0 Å². The predicted molar refractivity (Wildman–Crippen MR) is 125 cm³/mol. The molecule has 29 heavy (non-hydrogen) atoms. The SMILES string of the molecule is Cc1ccc(C2=NN(C(N)=S)C(c3c4ccccc4cc4ccccc34)C2)cc1. The van der Waals surface area contributed by atoms with Crippen LogP contribution >= 0.6 is 12.2 Å². The summed E-state index contributed by atoms with van der Waals surface area (Å²) in [5.41, 5.74) is 10.7. The van der Waals surface area contributed by atoms with Crippen LogP contribution in [0, 0.1) is 6.92 Å². The van der Waals surface area contributed by atoms with Gasteiger partial charge in [-0.25, -0.2) is 5.01 Å². The first-order chi connectivity index (χ1) is 14.1. The summed E-state index contributed by atoms with van der Waals surface area (Å²) < 4.78 is 0. The molecule has 4 heteroatoms. The lowest BCUT2D eigenvalue weighted by atomic mass is 9.89. The Bertz CT molecular complexity index is 1220. The van der Waals surface area contributed by atoms with E-state index in [1.54, 1.807) is 0 Å². The first kappa shape index (κ1) is 17.8. The molecule has 2 N–H and O–H groups in total. The van der Waals surface area contributed by atoms with E-state index in [1.807, 2.05) is 5.01 Å². The highest BCUT2D eigenvalue weighted by molar-refractivity contribution is 7.80. The minimum atomic E-state index is -0.0280. The molecule has 1 aliphatic heterocycles. The van der Waals surface area contributed by atoms with Crippen LogP contribution in [0.3, 0.4) is 0 Å². The highest BCUT2D eigenvalue weighted by Gasteiger charge is 2.32. The fourth-order valence-electron chi connectivity index (χ4n) is 4.27. The molecule has 3 nitrogen and oxygen atoms in total. The van der Waals surface area contributed by atoms with E-state index >= 15 is 0 Å². The zero-order valence-electron chi connectivity index (χ0n) is 16.2. The number of aryl methyl sites for hydroxylation is 1. The van der Waals surface area contributed by atoms with Crippen LogP contribution in [0.2, 0.25) is 0 Å². The molecule has 0 aromatic heterocycles. The average molecular weight is 396 g/mol. The molecule has 0 radical (unpaired) electrons. The third kappa shape index (κ3) is 3.06. The van der Waals surface area contributed by atoms with Gasteiger partial charge in [-0.2, -0.15) is 5.10 Å². The van der Waals surface area contributed by atoms with Crippen molar-refractivity contribution < 1.29 is 0 Å². The number of nitrogens with zero attached hydrogens (tertiary/aromatic N) is 2. The largest absolute Gasteiger partial charge is 0.375 e. The number of hydrazone groups is 1. The van der Waals surface area contributed by atoms with E-state index in [1.165, 1.54) is 32.7 Å². The van der Waals surface area contributed by atoms with Crippen LogP contribution in [0.15, 0.2) is 84.0 Å². The lowest BCUT2D eigenvalue weighted by molar-refractivity contribution is 0.377. The summed E-state index contributed by atoms with van der Waals surface area (Å²) in [6.45, 7) is 2.09. The second-order valence-electron chi connectivity index (χ2n) is 7.55. The van der Waals surface area contributed by atoms with Gasteiger partial charge in [0.15, 0.2) is 5.11 Å². The molecule has 1 atom stereocenters. The summed E-state index contributed by atoms with van der Waals surface area (Å²) in [5.74, 6) is 0. The number of hydrogen-bond donors (Lipinski definition) is 1. The summed E-state index contributed by atoms with van der Waals surface area (Å²) in [7, 11) is 0. The van der Waals surface area contributed by atoms with Crippen molar-refractivity contribution in [2.75, 3.05) is 0 Å². The van der Waals surface area contributed by atoms with Gasteiger partial charge in [0.1, 0.15) is 0 Å². The van der Waals surface area contributed by atoms with Crippen molar-refractivity contribution in [3.8, 4) is 0 Å². The van der Waals surface area contributed by atoms with Crippen molar-refractivity contribution in [2.24, 2.45) is 10.8 Å². The van der Waals surface area contributed by atoms with Gasteiger partial charge in [0.05, 0.1) is 11.8 Å². The number of benzene rings is 4. The van der Waals surface area contributed by atoms with Crippen molar-refractivity contribution in [1.82, 2.24) is 5.01 Å². The maximum absolute atomic E-state index is 6.13. The lowest BCUT2D eigenvalue weighted by Gasteiger charge is -2.25. The first-order valence-electron chi connectivity index (χ1n) is 9.75. The molecule has 5 rings (SSSR count). The van der Waals surface area contributed by atoms with Gasteiger partial charge >= 0.3 is 0 Å². The monoisotopic (exact) mass is 395 g/mol. The van der Waals surface area contributed by atoms with Crippen molar-refractivity contribution in [1.29, 1.82) is 0 Å². The second kappa shape index (κ2) is 6.98. The summed E-state index contributed by atoms with van der Waals surface area (Å²) in [6, 6.07) is 27.7. The van der Waals surface area contributed by atoms with E-state index in [9.17, 15) is 0 Å². The van der Waals surface area contributed by atoms with Gasteiger partial charge < -0.3 is 5.73 Å². The minimum Gasteiger partial charge on any atom is -0.375 e. The molecule has 1 aliphatic rings. The molecular formula is C25H21N3S. The van der Waals surface area contributed by atoms with E-state index in [4.69, 9.17) is 23.1 Å². The van der Waals surface area contributed by atoms with Crippen LogP contribution in [-0.4, -0.2) is 15.8 Å². The molecule has 4 aromatic rings. The maximum atomic E-state index is 6.13. The highest BCUT2D eigenvalue weighted by Crippen LogP contribution is 2.40. The molecule has 0 spiro atoms. The van der Waals surface area contributed by atoms with E-state index in [2.05, 4.69) is 85.8 Å². The van der Waals surface area contributed by atoms with E-state index in [0.29, 0.717) is 5.11 Å². The van der Waals surface area contributed by atoms with Crippen LogP contribution in [0.5, 0.6) is 0 Å².